The van der Waals surface area contributed by atoms with Gasteiger partial charge in [0.2, 0.25) is 0 Å². The molecule has 1 aromatic carbocycles. The molecule has 0 heterocycles. The highest BCUT2D eigenvalue weighted by atomic mass is 35.5. The van der Waals surface area contributed by atoms with Crippen molar-refractivity contribution in [3.63, 3.8) is 0 Å². The minimum absolute atomic E-state index is 0. The van der Waals surface area contributed by atoms with Crippen molar-refractivity contribution in [2.24, 2.45) is 5.73 Å². The van der Waals surface area contributed by atoms with Crippen molar-refractivity contribution in [1.82, 2.24) is 0 Å². The van der Waals surface area contributed by atoms with Crippen LogP contribution in [0, 0.1) is 13.8 Å². The van der Waals surface area contributed by atoms with E-state index < -0.39 is 12.5 Å². The number of hydrogen-bond donors (Lipinski definition) is 2. The van der Waals surface area contributed by atoms with Gasteiger partial charge in [0, 0.05) is 0 Å². The van der Waals surface area contributed by atoms with E-state index in [9.17, 15) is 13.9 Å². The van der Waals surface area contributed by atoms with E-state index in [0.717, 1.165) is 0 Å². The minimum Gasteiger partial charge on any atom is -0.508 e. The Bertz CT molecular complexity index is 321. The molecule has 0 spiro atoms. The zero-order valence-corrected chi connectivity index (χ0v) is 9.31. The van der Waals surface area contributed by atoms with Gasteiger partial charge >= 0.3 is 0 Å². The largest absolute Gasteiger partial charge is 0.508 e. The Morgan fingerprint density at radius 2 is 1.60 bits per heavy atom. The summed E-state index contributed by atoms with van der Waals surface area (Å²) in [6.45, 7) is 3.31. The molecule has 0 saturated heterocycles. The monoisotopic (exact) mass is 237 g/mol. The van der Waals surface area contributed by atoms with Crippen LogP contribution in [-0.2, 0) is 0 Å². The van der Waals surface area contributed by atoms with Crippen LogP contribution in [0.25, 0.3) is 0 Å². The summed E-state index contributed by atoms with van der Waals surface area (Å²) in [4.78, 5) is 0. The lowest BCUT2D eigenvalue weighted by Gasteiger charge is -2.16. The Morgan fingerprint density at radius 1 is 1.20 bits per heavy atom. The van der Waals surface area contributed by atoms with Crippen LogP contribution < -0.4 is 5.73 Å². The van der Waals surface area contributed by atoms with Crippen LogP contribution in [-0.4, -0.2) is 11.5 Å². The van der Waals surface area contributed by atoms with Gasteiger partial charge in [0.05, 0.1) is 6.04 Å². The maximum Gasteiger partial charge on any atom is 0.257 e. The highest BCUT2D eigenvalue weighted by Gasteiger charge is 2.21. The Hall–Kier alpha value is -0.870. The molecule has 5 heteroatoms. The summed E-state index contributed by atoms with van der Waals surface area (Å²) in [7, 11) is 0. The number of halogens is 3. The first-order valence-electron chi connectivity index (χ1n) is 4.27. The van der Waals surface area contributed by atoms with Crippen LogP contribution in [0.15, 0.2) is 12.1 Å². The molecule has 1 aromatic rings. The lowest BCUT2D eigenvalue weighted by atomic mass is 9.96. The molecule has 1 atom stereocenters. The molecule has 0 fully saturated rings. The van der Waals surface area contributed by atoms with E-state index in [1.165, 1.54) is 12.1 Å². The van der Waals surface area contributed by atoms with Gasteiger partial charge in [-0.3, -0.25) is 0 Å². The summed E-state index contributed by atoms with van der Waals surface area (Å²) >= 11 is 0. The number of aryl methyl sites for hydroxylation is 2. The summed E-state index contributed by atoms with van der Waals surface area (Å²) in [6, 6.07) is 1.59. The Kier molecular flexibility index (Phi) is 4.97. The van der Waals surface area contributed by atoms with Crippen molar-refractivity contribution < 1.29 is 13.9 Å². The van der Waals surface area contributed by atoms with Crippen molar-refractivity contribution >= 4 is 12.4 Å². The molecule has 0 aliphatic heterocycles. The van der Waals surface area contributed by atoms with E-state index in [1.807, 2.05) is 0 Å². The van der Waals surface area contributed by atoms with Crippen molar-refractivity contribution in [1.29, 1.82) is 0 Å². The third-order valence-electron chi connectivity index (χ3n) is 2.18. The summed E-state index contributed by atoms with van der Waals surface area (Å²) in [5.74, 6) is 0.0743. The highest BCUT2D eigenvalue weighted by molar-refractivity contribution is 5.85. The van der Waals surface area contributed by atoms with Gasteiger partial charge in [-0.1, -0.05) is 0 Å². The average Bonchev–Trinajstić information content (AvgIpc) is 2.01. The fourth-order valence-corrected chi connectivity index (χ4v) is 1.60. The number of alkyl halides is 2. The number of aromatic hydroxyl groups is 1. The third-order valence-corrected chi connectivity index (χ3v) is 2.18. The van der Waals surface area contributed by atoms with Crippen LogP contribution in [0.3, 0.4) is 0 Å². The van der Waals surface area contributed by atoms with Crippen LogP contribution in [0.1, 0.15) is 22.7 Å². The smallest absolute Gasteiger partial charge is 0.257 e. The van der Waals surface area contributed by atoms with Gasteiger partial charge in [0.15, 0.2) is 0 Å². The van der Waals surface area contributed by atoms with E-state index in [2.05, 4.69) is 0 Å². The fourth-order valence-electron chi connectivity index (χ4n) is 1.60. The van der Waals surface area contributed by atoms with Gasteiger partial charge in [-0.05, 0) is 42.7 Å². The average molecular weight is 238 g/mol. The highest BCUT2D eigenvalue weighted by Crippen LogP contribution is 2.28. The first kappa shape index (κ1) is 14.1. The SMILES string of the molecule is Cc1cc(O)cc(C)c1[C@@H](N)C(F)F.Cl. The summed E-state index contributed by atoms with van der Waals surface area (Å²) < 4.78 is 24.8. The van der Waals surface area contributed by atoms with E-state index in [0.29, 0.717) is 16.7 Å². The molecule has 1 rings (SSSR count). The van der Waals surface area contributed by atoms with Gasteiger partial charge in [0.1, 0.15) is 5.75 Å². The molecule has 0 amide bonds. The maximum atomic E-state index is 12.4. The predicted octanol–water partition coefficient (Wildman–Crippen LogP) is 2.70. The summed E-state index contributed by atoms with van der Waals surface area (Å²) in [5, 5.41) is 9.21. The molecule has 0 aliphatic rings. The zero-order valence-electron chi connectivity index (χ0n) is 8.50. The normalized spacial score (nSPS) is 12.4. The van der Waals surface area contributed by atoms with Crippen LogP contribution >= 0.6 is 12.4 Å². The van der Waals surface area contributed by atoms with Crippen molar-refractivity contribution in [3.8, 4) is 5.75 Å². The molecule has 0 bridgehead atoms. The van der Waals surface area contributed by atoms with E-state index >= 15 is 0 Å². The number of rotatable bonds is 2. The molecule has 3 N–H and O–H groups in total. The Balaban J connectivity index is 0.00000196. The van der Waals surface area contributed by atoms with Crippen LogP contribution in [0.2, 0.25) is 0 Å². The molecule has 15 heavy (non-hydrogen) atoms. The lowest BCUT2D eigenvalue weighted by molar-refractivity contribution is 0.116. The van der Waals surface area contributed by atoms with Crippen molar-refractivity contribution in [2.45, 2.75) is 26.3 Å². The van der Waals surface area contributed by atoms with Gasteiger partial charge in [-0.25, -0.2) is 8.78 Å². The van der Waals surface area contributed by atoms with Crippen molar-refractivity contribution in [2.75, 3.05) is 0 Å². The first-order chi connectivity index (χ1) is 6.43. The molecule has 86 valence electrons. The molecular formula is C10H14ClF2NO. The molecule has 0 unspecified atom stereocenters. The standard InChI is InChI=1S/C10H13F2NO.ClH/c1-5-3-7(14)4-6(2)8(5)9(13)10(11)12;/h3-4,9-10,14H,13H2,1-2H3;1H/t9-;/m1./s1. The second kappa shape index (κ2) is 5.28. The van der Waals surface area contributed by atoms with Gasteiger partial charge < -0.3 is 10.8 Å². The van der Waals surface area contributed by atoms with Crippen LogP contribution in [0.4, 0.5) is 8.78 Å². The van der Waals surface area contributed by atoms with E-state index in [1.54, 1.807) is 13.8 Å². The first-order valence-corrected chi connectivity index (χ1v) is 4.27. The second-order valence-corrected chi connectivity index (χ2v) is 3.35. The Labute approximate surface area is 93.5 Å². The maximum absolute atomic E-state index is 12.4. The van der Waals surface area contributed by atoms with Crippen molar-refractivity contribution in [3.05, 3.63) is 28.8 Å². The van der Waals surface area contributed by atoms with E-state index in [4.69, 9.17) is 5.73 Å². The predicted molar refractivity (Wildman–Crippen MR) is 57.8 cm³/mol. The molecule has 0 aromatic heterocycles. The number of phenols is 1. The van der Waals surface area contributed by atoms with Crippen LogP contribution in [0.5, 0.6) is 5.75 Å². The van der Waals surface area contributed by atoms with Gasteiger partial charge in [-0.15, -0.1) is 12.4 Å². The topological polar surface area (TPSA) is 46.2 Å². The van der Waals surface area contributed by atoms with E-state index in [-0.39, 0.29) is 18.2 Å². The summed E-state index contributed by atoms with van der Waals surface area (Å²) in [6.07, 6.45) is -2.59. The number of benzene rings is 1. The Morgan fingerprint density at radius 3 is 1.93 bits per heavy atom. The summed E-state index contributed by atoms with van der Waals surface area (Å²) in [5.41, 5.74) is 6.96. The molecular weight excluding hydrogens is 224 g/mol. The molecule has 2 nitrogen and oxygen atoms in total. The lowest BCUT2D eigenvalue weighted by Crippen LogP contribution is -2.21. The number of phenolic OH excluding ortho intramolecular Hbond substituents is 1. The third kappa shape index (κ3) is 3.04. The second-order valence-electron chi connectivity index (χ2n) is 3.35. The quantitative estimate of drug-likeness (QED) is 0.831. The number of hydrogen-bond acceptors (Lipinski definition) is 2. The molecule has 0 saturated carbocycles. The van der Waals surface area contributed by atoms with Gasteiger partial charge in [0.25, 0.3) is 6.43 Å². The minimum atomic E-state index is -2.59. The number of nitrogens with two attached hydrogens (primary N) is 1. The molecule has 0 aliphatic carbocycles. The molecule has 0 radical (unpaired) electrons. The zero-order chi connectivity index (χ0) is 10.9. The fraction of sp³-hybridized carbons (Fsp3) is 0.400. The van der Waals surface area contributed by atoms with Gasteiger partial charge in [-0.2, -0.15) is 0 Å².